The van der Waals surface area contributed by atoms with Gasteiger partial charge in [-0.2, -0.15) is 0 Å². The number of H-pyrrole nitrogens is 1. The summed E-state index contributed by atoms with van der Waals surface area (Å²) in [5, 5.41) is 5.78. The minimum Gasteiger partial charge on any atom is -0.378 e. The molecule has 4 heterocycles. The number of aryl methyl sites for hydroxylation is 1. The van der Waals surface area contributed by atoms with Crippen molar-refractivity contribution >= 4 is 29.1 Å². The van der Waals surface area contributed by atoms with Crippen molar-refractivity contribution in [3.8, 4) is 11.3 Å². The summed E-state index contributed by atoms with van der Waals surface area (Å²) < 4.78 is 20.7. The summed E-state index contributed by atoms with van der Waals surface area (Å²) in [7, 11) is 1.54. The first-order valence-electron chi connectivity index (χ1n) is 9.54. The number of carbonyl (C=O) groups is 1. The zero-order valence-corrected chi connectivity index (χ0v) is 16.9. The van der Waals surface area contributed by atoms with E-state index < -0.39 is 5.82 Å². The van der Waals surface area contributed by atoms with E-state index in [4.69, 9.17) is 16.3 Å². The lowest BCUT2D eigenvalue weighted by Crippen LogP contribution is -2.32. The van der Waals surface area contributed by atoms with Crippen molar-refractivity contribution in [3.63, 3.8) is 0 Å². The summed E-state index contributed by atoms with van der Waals surface area (Å²) in [6.45, 7) is 0.818. The van der Waals surface area contributed by atoms with Crippen molar-refractivity contribution in [3.05, 3.63) is 51.4 Å². The molecule has 0 saturated heterocycles. The molecule has 30 heavy (non-hydrogen) atoms. The van der Waals surface area contributed by atoms with Gasteiger partial charge in [-0.3, -0.25) is 4.79 Å². The molecule has 0 saturated carbocycles. The first-order chi connectivity index (χ1) is 14.5. The molecule has 2 aliphatic rings. The Hall–Kier alpha value is -3.04. The molecule has 3 N–H and O–H groups in total. The van der Waals surface area contributed by atoms with Gasteiger partial charge in [0.1, 0.15) is 5.82 Å². The SMILES string of the molecule is COCc1cc(Nc2ncc3c(c2F)-c2[nH]c4c(c2CC3)C(=O)NCC4)nc(Cl)n1. The highest BCUT2D eigenvalue weighted by atomic mass is 35.5. The Balaban J connectivity index is 1.57. The van der Waals surface area contributed by atoms with Crippen molar-refractivity contribution in [2.75, 3.05) is 19.0 Å². The van der Waals surface area contributed by atoms with Crippen LogP contribution in [0.1, 0.15) is 32.9 Å². The third-order valence-corrected chi connectivity index (χ3v) is 5.52. The van der Waals surface area contributed by atoms with E-state index in [1.54, 1.807) is 19.4 Å². The van der Waals surface area contributed by atoms with E-state index in [9.17, 15) is 4.79 Å². The maximum Gasteiger partial charge on any atom is 0.253 e. The first kappa shape index (κ1) is 19.0. The fourth-order valence-electron chi connectivity index (χ4n) is 4.11. The molecule has 0 aromatic carbocycles. The molecule has 0 bridgehead atoms. The number of rotatable bonds is 4. The molecule has 0 fully saturated rings. The quantitative estimate of drug-likeness (QED) is 0.552. The zero-order chi connectivity index (χ0) is 20.8. The van der Waals surface area contributed by atoms with E-state index in [0.717, 1.165) is 16.8 Å². The Morgan fingerprint density at radius 1 is 1.27 bits per heavy atom. The second-order valence-corrected chi connectivity index (χ2v) is 7.57. The molecule has 0 spiro atoms. The molecule has 1 aliphatic heterocycles. The second kappa shape index (κ2) is 7.33. The van der Waals surface area contributed by atoms with Gasteiger partial charge in [0, 0.05) is 43.6 Å². The van der Waals surface area contributed by atoms with E-state index in [1.165, 1.54) is 0 Å². The van der Waals surface area contributed by atoms with Crippen molar-refractivity contribution in [2.24, 2.45) is 0 Å². The molecule has 3 aromatic heterocycles. The van der Waals surface area contributed by atoms with Gasteiger partial charge in [0.2, 0.25) is 5.28 Å². The molecular formula is C20H18ClFN6O2. The normalized spacial score (nSPS) is 14.6. The topological polar surface area (TPSA) is 105 Å². The molecule has 0 unspecified atom stereocenters. The predicted molar refractivity (Wildman–Crippen MR) is 108 cm³/mol. The molecule has 10 heteroatoms. The van der Waals surface area contributed by atoms with Gasteiger partial charge in [-0.15, -0.1) is 0 Å². The number of aromatic amines is 1. The van der Waals surface area contributed by atoms with Crippen LogP contribution in [-0.4, -0.2) is 39.5 Å². The van der Waals surface area contributed by atoms with Crippen LogP contribution in [0.4, 0.5) is 16.0 Å². The largest absolute Gasteiger partial charge is 0.378 e. The van der Waals surface area contributed by atoms with E-state index in [-0.39, 0.29) is 23.6 Å². The highest BCUT2D eigenvalue weighted by Gasteiger charge is 2.32. The number of amides is 1. The zero-order valence-electron chi connectivity index (χ0n) is 16.1. The second-order valence-electron chi connectivity index (χ2n) is 7.23. The number of nitrogens with zero attached hydrogens (tertiary/aromatic N) is 3. The van der Waals surface area contributed by atoms with Crippen LogP contribution in [0.15, 0.2) is 12.3 Å². The third kappa shape index (κ3) is 3.10. The van der Waals surface area contributed by atoms with Gasteiger partial charge in [-0.05, 0) is 35.6 Å². The number of pyridine rings is 1. The Morgan fingerprint density at radius 2 is 2.13 bits per heavy atom. The number of hydrogen-bond donors (Lipinski definition) is 3. The standard InChI is InChI=1S/C20H18ClFN6O2/c1-30-8-10-6-13(28-20(21)25-10)27-18-16(22)14-9(7-24-18)2-3-11-15-12(26-17(11)14)4-5-23-19(15)29/h6-7,26H,2-5,8H2,1H3,(H,23,29)(H,24,25,27,28). The Bertz CT molecular complexity index is 1180. The van der Waals surface area contributed by atoms with Crippen LogP contribution in [-0.2, 0) is 30.6 Å². The molecule has 5 rings (SSSR count). The van der Waals surface area contributed by atoms with Gasteiger partial charge in [-0.25, -0.2) is 19.3 Å². The lowest BCUT2D eigenvalue weighted by molar-refractivity contribution is 0.0945. The fourth-order valence-corrected chi connectivity index (χ4v) is 4.31. The van der Waals surface area contributed by atoms with Gasteiger partial charge in [-0.1, -0.05) is 0 Å². The van der Waals surface area contributed by atoms with Crippen LogP contribution >= 0.6 is 11.6 Å². The van der Waals surface area contributed by atoms with Crippen LogP contribution in [0.5, 0.6) is 0 Å². The number of hydrogen-bond acceptors (Lipinski definition) is 6. The van der Waals surface area contributed by atoms with Crippen molar-refractivity contribution in [1.82, 2.24) is 25.3 Å². The van der Waals surface area contributed by atoms with Crippen molar-refractivity contribution in [2.45, 2.75) is 25.9 Å². The molecule has 3 aromatic rings. The predicted octanol–water partition coefficient (Wildman–Crippen LogP) is 2.93. The summed E-state index contributed by atoms with van der Waals surface area (Å²) in [6.07, 6.45) is 3.63. The maximum atomic E-state index is 15.6. The molecule has 0 atom stereocenters. The molecular weight excluding hydrogens is 411 g/mol. The minimum absolute atomic E-state index is 0.0239. The lowest BCUT2D eigenvalue weighted by atomic mass is 9.88. The average Bonchev–Trinajstić information content (AvgIpc) is 3.09. The summed E-state index contributed by atoms with van der Waals surface area (Å²) in [5.41, 5.74) is 4.82. The minimum atomic E-state index is -0.504. The van der Waals surface area contributed by atoms with Gasteiger partial charge in [0.15, 0.2) is 11.6 Å². The molecule has 154 valence electrons. The van der Waals surface area contributed by atoms with Crippen LogP contribution < -0.4 is 10.6 Å². The van der Waals surface area contributed by atoms with Gasteiger partial charge in [0.25, 0.3) is 5.91 Å². The van der Waals surface area contributed by atoms with Gasteiger partial charge in [0.05, 0.1) is 23.6 Å². The number of carbonyl (C=O) groups excluding carboxylic acids is 1. The summed E-state index contributed by atoms with van der Waals surface area (Å²) >= 11 is 5.97. The van der Waals surface area contributed by atoms with Crippen molar-refractivity contribution in [1.29, 1.82) is 0 Å². The van der Waals surface area contributed by atoms with Crippen LogP contribution in [0, 0.1) is 5.82 Å². The number of fused-ring (bicyclic) bond motifs is 5. The van der Waals surface area contributed by atoms with E-state index in [2.05, 4.69) is 30.6 Å². The van der Waals surface area contributed by atoms with Gasteiger partial charge < -0.3 is 20.4 Å². The molecule has 8 nitrogen and oxygen atoms in total. The fraction of sp³-hybridized carbons (Fsp3) is 0.300. The lowest BCUT2D eigenvalue weighted by Gasteiger charge is -2.20. The van der Waals surface area contributed by atoms with Crippen LogP contribution in [0.2, 0.25) is 5.28 Å². The maximum absolute atomic E-state index is 15.6. The molecule has 1 amide bonds. The number of nitrogens with one attached hydrogen (secondary N) is 3. The van der Waals surface area contributed by atoms with E-state index in [1.807, 2.05) is 0 Å². The number of methoxy groups -OCH3 is 1. The number of aromatic nitrogens is 4. The highest BCUT2D eigenvalue weighted by molar-refractivity contribution is 6.28. The summed E-state index contributed by atoms with van der Waals surface area (Å²) in [4.78, 5) is 28.0. The van der Waals surface area contributed by atoms with E-state index >= 15 is 4.39 Å². The van der Waals surface area contributed by atoms with Crippen LogP contribution in [0.25, 0.3) is 11.3 Å². The first-order valence-corrected chi connectivity index (χ1v) is 9.92. The monoisotopic (exact) mass is 428 g/mol. The molecule has 1 aliphatic carbocycles. The Kier molecular flexibility index (Phi) is 4.63. The summed E-state index contributed by atoms with van der Waals surface area (Å²) in [5.74, 6) is -0.270. The smallest absolute Gasteiger partial charge is 0.253 e. The Labute approximate surface area is 176 Å². The average molecular weight is 429 g/mol. The number of halogens is 2. The van der Waals surface area contributed by atoms with Crippen LogP contribution in [0.3, 0.4) is 0 Å². The Morgan fingerprint density at radius 3 is 2.97 bits per heavy atom. The highest BCUT2D eigenvalue weighted by Crippen LogP contribution is 2.40. The third-order valence-electron chi connectivity index (χ3n) is 5.35. The van der Waals surface area contributed by atoms with Gasteiger partial charge >= 0.3 is 0 Å². The summed E-state index contributed by atoms with van der Waals surface area (Å²) in [6, 6.07) is 1.62. The van der Waals surface area contributed by atoms with Crippen molar-refractivity contribution < 1.29 is 13.9 Å². The van der Waals surface area contributed by atoms with E-state index in [0.29, 0.717) is 54.1 Å². The number of ether oxygens (including phenoxy) is 1. The number of anilines is 2. The molecule has 0 radical (unpaired) electrons.